The van der Waals surface area contributed by atoms with E-state index in [0.29, 0.717) is 17.9 Å². The van der Waals surface area contributed by atoms with Crippen LogP contribution in [0.25, 0.3) is 0 Å². The summed E-state index contributed by atoms with van der Waals surface area (Å²) in [6.07, 6.45) is 1.65. The summed E-state index contributed by atoms with van der Waals surface area (Å²) in [7, 11) is 0. The molecule has 2 amide bonds. The molecule has 4 nitrogen and oxygen atoms in total. The molecule has 0 aliphatic carbocycles. The average molecular weight is 286 g/mol. The van der Waals surface area contributed by atoms with E-state index in [0.717, 1.165) is 18.4 Å². The average Bonchev–Trinajstić information content (AvgIpc) is 2.47. The molecule has 2 N–H and O–H groups in total. The Morgan fingerprint density at radius 3 is 2.86 bits per heavy atom. The molecule has 0 atom stereocenters. The number of para-hydroxylation sites is 1. The summed E-state index contributed by atoms with van der Waals surface area (Å²) in [4.78, 5) is 13.9. The van der Waals surface area contributed by atoms with E-state index < -0.39 is 5.82 Å². The summed E-state index contributed by atoms with van der Waals surface area (Å²) < 4.78 is 13.2. The Morgan fingerprint density at radius 1 is 1.24 bits per heavy atom. The molecule has 108 valence electrons. The van der Waals surface area contributed by atoms with E-state index in [9.17, 15) is 14.3 Å². The summed E-state index contributed by atoms with van der Waals surface area (Å²) in [5.41, 5.74) is 1.87. The van der Waals surface area contributed by atoms with E-state index in [2.05, 4.69) is 5.32 Å². The van der Waals surface area contributed by atoms with E-state index in [1.165, 1.54) is 23.1 Å². The fourth-order valence-corrected chi connectivity index (χ4v) is 2.59. The zero-order valence-electron chi connectivity index (χ0n) is 11.3. The number of phenolic OH excluding ortho intramolecular Hbond substituents is 1. The minimum atomic E-state index is -0.408. The van der Waals surface area contributed by atoms with Gasteiger partial charge in [0.05, 0.1) is 5.69 Å². The lowest BCUT2D eigenvalue weighted by molar-refractivity contribution is 0.256. The third-order valence-corrected chi connectivity index (χ3v) is 3.52. The van der Waals surface area contributed by atoms with Crippen molar-refractivity contribution >= 4 is 17.4 Å². The van der Waals surface area contributed by atoms with Gasteiger partial charge in [-0.1, -0.05) is 18.2 Å². The highest BCUT2D eigenvalue weighted by Crippen LogP contribution is 2.35. The van der Waals surface area contributed by atoms with Crippen molar-refractivity contribution in [2.24, 2.45) is 0 Å². The largest absolute Gasteiger partial charge is 0.506 e. The van der Waals surface area contributed by atoms with Gasteiger partial charge in [-0.25, -0.2) is 9.18 Å². The second-order valence-corrected chi connectivity index (χ2v) is 4.98. The first-order chi connectivity index (χ1) is 10.1. The van der Waals surface area contributed by atoms with Gasteiger partial charge in [0.1, 0.15) is 11.6 Å². The molecule has 0 bridgehead atoms. The molecule has 0 saturated carbocycles. The maximum atomic E-state index is 13.2. The van der Waals surface area contributed by atoms with Gasteiger partial charge in [0.15, 0.2) is 0 Å². The fourth-order valence-electron chi connectivity index (χ4n) is 2.59. The van der Waals surface area contributed by atoms with Gasteiger partial charge in [-0.15, -0.1) is 0 Å². The maximum Gasteiger partial charge on any atom is 0.326 e. The van der Waals surface area contributed by atoms with Gasteiger partial charge in [0, 0.05) is 12.2 Å². The molecule has 0 saturated heterocycles. The van der Waals surface area contributed by atoms with Gasteiger partial charge >= 0.3 is 6.03 Å². The van der Waals surface area contributed by atoms with Gasteiger partial charge in [0.2, 0.25) is 0 Å². The number of nitrogens with zero attached hydrogens (tertiary/aromatic N) is 1. The lowest BCUT2D eigenvalue weighted by Gasteiger charge is -2.30. The topological polar surface area (TPSA) is 52.6 Å². The Morgan fingerprint density at radius 2 is 2.05 bits per heavy atom. The first kappa shape index (κ1) is 13.4. The number of rotatable bonds is 1. The van der Waals surface area contributed by atoms with Crippen LogP contribution in [0.3, 0.4) is 0 Å². The number of hydrogen-bond donors (Lipinski definition) is 2. The van der Waals surface area contributed by atoms with Gasteiger partial charge in [-0.2, -0.15) is 0 Å². The number of halogens is 1. The molecule has 0 unspecified atom stereocenters. The third-order valence-electron chi connectivity index (χ3n) is 3.52. The van der Waals surface area contributed by atoms with E-state index in [1.54, 1.807) is 18.2 Å². The number of aryl methyl sites for hydroxylation is 1. The monoisotopic (exact) mass is 286 g/mol. The van der Waals surface area contributed by atoms with Crippen molar-refractivity contribution in [2.45, 2.75) is 12.8 Å². The molecule has 2 aromatic carbocycles. The van der Waals surface area contributed by atoms with Crippen LogP contribution in [0.4, 0.5) is 20.6 Å². The predicted octanol–water partition coefficient (Wildman–Crippen LogP) is 3.52. The van der Waals surface area contributed by atoms with Crippen LogP contribution >= 0.6 is 0 Å². The van der Waals surface area contributed by atoms with Crippen LogP contribution < -0.4 is 10.2 Å². The Balaban J connectivity index is 1.87. The summed E-state index contributed by atoms with van der Waals surface area (Å²) in [5.74, 6) is -0.323. The van der Waals surface area contributed by atoms with E-state index >= 15 is 0 Å². The maximum absolute atomic E-state index is 13.2. The van der Waals surface area contributed by atoms with E-state index in [1.807, 2.05) is 6.07 Å². The van der Waals surface area contributed by atoms with Crippen molar-refractivity contribution < 1.29 is 14.3 Å². The molecule has 3 rings (SSSR count). The van der Waals surface area contributed by atoms with Crippen LogP contribution in [0.1, 0.15) is 12.0 Å². The van der Waals surface area contributed by atoms with Crippen LogP contribution in [0.2, 0.25) is 0 Å². The predicted molar refractivity (Wildman–Crippen MR) is 79.2 cm³/mol. The number of benzene rings is 2. The van der Waals surface area contributed by atoms with E-state index in [4.69, 9.17) is 0 Å². The Bertz CT molecular complexity index is 688. The molecule has 21 heavy (non-hydrogen) atoms. The molecule has 0 spiro atoms. The molecule has 0 fully saturated rings. The minimum absolute atomic E-state index is 0.0848. The normalized spacial score (nSPS) is 13.7. The summed E-state index contributed by atoms with van der Waals surface area (Å²) in [5, 5.41) is 12.7. The standard InChI is InChI=1S/C16H15FN2O2/c17-12-6-2-7-13(10-12)18-16(21)19-9-3-5-11-4-1-8-14(20)15(11)19/h1-2,4,6-8,10,20H,3,5,9H2,(H,18,21). The molecule has 5 heteroatoms. The zero-order chi connectivity index (χ0) is 14.8. The van der Waals surface area contributed by atoms with Crippen LogP contribution in [-0.4, -0.2) is 17.7 Å². The quantitative estimate of drug-likeness (QED) is 0.842. The minimum Gasteiger partial charge on any atom is -0.506 e. The molecule has 0 aromatic heterocycles. The van der Waals surface area contributed by atoms with Crippen LogP contribution in [0, 0.1) is 5.82 Å². The van der Waals surface area contributed by atoms with Gasteiger partial charge in [-0.05, 0) is 42.7 Å². The second-order valence-electron chi connectivity index (χ2n) is 4.98. The summed E-state index contributed by atoms with van der Waals surface area (Å²) >= 11 is 0. The van der Waals surface area contributed by atoms with Gasteiger partial charge in [-0.3, -0.25) is 4.90 Å². The Hall–Kier alpha value is -2.56. The lowest BCUT2D eigenvalue weighted by Crippen LogP contribution is -2.38. The first-order valence-electron chi connectivity index (χ1n) is 6.80. The number of phenols is 1. The number of amides is 2. The van der Waals surface area contributed by atoms with Crippen molar-refractivity contribution in [3.8, 4) is 5.75 Å². The molecule has 1 heterocycles. The van der Waals surface area contributed by atoms with Crippen molar-refractivity contribution in [1.82, 2.24) is 0 Å². The SMILES string of the molecule is O=C(Nc1cccc(F)c1)N1CCCc2cccc(O)c21. The van der Waals surface area contributed by atoms with Crippen molar-refractivity contribution in [3.63, 3.8) is 0 Å². The molecular weight excluding hydrogens is 271 g/mol. The number of aromatic hydroxyl groups is 1. The Kier molecular flexibility index (Phi) is 3.48. The highest BCUT2D eigenvalue weighted by atomic mass is 19.1. The van der Waals surface area contributed by atoms with E-state index in [-0.39, 0.29) is 11.8 Å². The highest BCUT2D eigenvalue weighted by Gasteiger charge is 2.25. The number of carbonyl (C=O) groups is 1. The lowest BCUT2D eigenvalue weighted by atomic mass is 10.0. The number of nitrogens with one attached hydrogen (secondary N) is 1. The Labute approximate surface area is 121 Å². The number of anilines is 2. The highest BCUT2D eigenvalue weighted by molar-refractivity contribution is 6.03. The van der Waals surface area contributed by atoms with Crippen molar-refractivity contribution in [3.05, 3.63) is 53.8 Å². The molecule has 1 aliphatic heterocycles. The second kappa shape index (κ2) is 5.44. The molecule has 0 radical (unpaired) electrons. The third kappa shape index (κ3) is 2.67. The fraction of sp³-hybridized carbons (Fsp3) is 0.188. The van der Waals surface area contributed by atoms with Crippen molar-refractivity contribution in [1.29, 1.82) is 0 Å². The van der Waals surface area contributed by atoms with Crippen LogP contribution in [0.5, 0.6) is 5.75 Å². The number of hydrogen-bond acceptors (Lipinski definition) is 2. The molecule has 2 aromatic rings. The van der Waals surface area contributed by atoms with Crippen LogP contribution in [-0.2, 0) is 6.42 Å². The summed E-state index contributed by atoms with van der Waals surface area (Å²) in [6.45, 7) is 0.520. The number of urea groups is 1. The van der Waals surface area contributed by atoms with Gasteiger partial charge < -0.3 is 10.4 Å². The van der Waals surface area contributed by atoms with Gasteiger partial charge in [0.25, 0.3) is 0 Å². The summed E-state index contributed by atoms with van der Waals surface area (Å²) in [6, 6.07) is 10.6. The smallest absolute Gasteiger partial charge is 0.326 e. The van der Waals surface area contributed by atoms with Crippen LogP contribution in [0.15, 0.2) is 42.5 Å². The van der Waals surface area contributed by atoms with Crippen molar-refractivity contribution in [2.75, 3.05) is 16.8 Å². The number of fused-ring (bicyclic) bond motifs is 1. The first-order valence-corrected chi connectivity index (χ1v) is 6.80. The number of carbonyl (C=O) groups excluding carboxylic acids is 1. The molecular formula is C16H15FN2O2. The zero-order valence-corrected chi connectivity index (χ0v) is 11.3. The molecule has 1 aliphatic rings.